The zero-order chi connectivity index (χ0) is 24.6. The number of nitrogens with one attached hydrogen (secondary N) is 2. The molecule has 1 aliphatic heterocycles. The van der Waals surface area contributed by atoms with E-state index in [1.807, 2.05) is 0 Å². The summed E-state index contributed by atoms with van der Waals surface area (Å²) in [5.74, 6) is -3.59. The fourth-order valence-electron chi connectivity index (χ4n) is 4.95. The number of benzene rings is 1. The standard InChI is InChI=1S/C23H26F3N7O2/c24-13-10-15(25)18(16(26)11-13)31-22-30-17-12-28-21(29-14-4-8-35-9-5-14)32-19(17)33(22)23(20(27)34)6-2-1-3-7-23/h10-12,14H,1-9H2,(H2,27,34)(H,30,31)(H,28,29,32). The van der Waals surface area contributed by atoms with Gasteiger partial charge in [0.2, 0.25) is 17.8 Å². The van der Waals surface area contributed by atoms with Crippen molar-refractivity contribution in [1.29, 1.82) is 0 Å². The number of hydrogen-bond donors (Lipinski definition) is 3. The molecule has 0 bridgehead atoms. The van der Waals surface area contributed by atoms with Crippen molar-refractivity contribution in [2.24, 2.45) is 5.73 Å². The number of hydrogen-bond acceptors (Lipinski definition) is 7. The maximum Gasteiger partial charge on any atom is 0.243 e. The van der Waals surface area contributed by atoms with Crippen molar-refractivity contribution in [3.63, 3.8) is 0 Å². The molecule has 1 saturated heterocycles. The third-order valence-corrected chi connectivity index (χ3v) is 6.77. The van der Waals surface area contributed by atoms with Crippen LogP contribution in [-0.4, -0.2) is 44.7 Å². The van der Waals surface area contributed by atoms with E-state index in [1.165, 1.54) is 10.8 Å². The monoisotopic (exact) mass is 489 g/mol. The van der Waals surface area contributed by atoms with Crippen LogP contribution in [0.1, 0.15) is 44.9 Å². The maximum absolute atomic E-state index is 14.5. The number of ether oxygens (including phenoxy) is 1. The van der Waals surface area contributed by atoms with Crippen LogP contribution in [0.15, 0.2) is 18.3 Å². The molecule has 12 heteroatoms. The molecule has 9 nitrogen and oxygen atoms in total. The van der Waals surface area contributed by atoms with E-state index < -0.39 is 34.6 Å². The molecule has 0 spiro atoms. The van der Waals surface area contributed by atoms with Crippen molar-refractivity contribution >= 4 is 34.7 Å². The number of imidazole rings is 1. The Morgan fingerprint density at radius 1 is 1.09 bits per heavy atom. The predicted octanol–water partition coefficient (Wildman–Crippen LogP) is 3.72. The summed E-state index contributed by atoms with van der Waals surface area (Å²) in [7, 11) is 0. The summed E-state index contributed by atoms with van der Waals surface area (Å²) in [6, 6.07) is 1.26. The van der Waals surface area contributed by atoms with E-state index >= 15 is 0 Å². The van der Waals surface area contributed by atoms with Gasteiger partial charge in [0.05, 0.1) is 6.20 Å². The highest BCUT2D eigenvalue weighted by Gasteiger charge is 2.43. The summed E-state index contributed by atoms with van der Waals surface area (Å²) in [5.41, 5.74) is 4.76. The average molecular weight is 490 g/mol. The molecular formula is C23H26F3N7O2. The van der Waals surface area contributed by atoms with Gasteiger partial charge in [0.25, 0.3) is 0 Å². The first-order chi connectivity index (χ1) is 16.9. The first kappa shape index (κ1) is 23.3. The second-order valence-corrected chi connectivity index (χ2v) is 9.03. The molecule has 3 heterocycles. The van der Waals surface area contributed by atoms with Gasteiger partial charge in [-0.1, -0.05) is 19.3 Å². The minimum atomic E-state index is -1.20. The van der Waals surface area contributed by atoms with E-state index in [9.17, 15) is 18.0 Å². The molecule has 1 aromatic carbocycles. The predicted molar refractivity (Wildman–Crippen MR) is 123 cm³/mol. The van der Waals surface area contributed by atoms with Crippen LogP contribution in [0.3, 0.4) is 0 Å². The Labute approximate surface area is 199 Å². The molecule has 2 aromatic heterocycles. The highest BCUT2D eigenvalue weighted by atomic mass is 19.1. The van der Waals surface area contributed by atoms with Crippen LogP contribution in [0.25, 0.3) is 11.2 Å². The van der Waals surface area contributed by atoms with Gasteiger partial charge in [-0.05, 0) is 25.7 Å². The smallest absolute Gasteiger partial charge is 0.243 e. The molecule has 4 N–H and O–H groups in total. The second-order valence-electron chi connectivity index (χ2n) is 9.03. The van der Waals surface area contributed by atoms with Gasteiger partial charge in [0.15, 0.2) is 17.3 Å². The second kappa shape index (κ2) is 9.33. The first-order valence-corrected chi connectivity index (χ1v) is 11.7. The van der Waals surface area contributed by atoms with E-state index in [2.05, 4.69) is 25.6 Å². The number of nitrogens with two attached hydrogens (primary N) is 1. The molecule has 0 atom stereocenters. The fourth-order valence-corrected chi connectivity index (χ4v) is 4.95. The van der Waals surface area contributed by atoms with E-state index in [4.69, 9.17) is 10.5 Å². The van der Waals surface area contributed by atoms with Crippen molar-refractivity contribution in [2.45, 2.75) is 56.5 Å². The zero-order valence-electron chi connectivity index (χ0n) is 19.0. The molecule has 3 aromatic rings. The van der Waals surface area contributed by atoms with Crippen LogP contribution in [0.4, 0.5) is 30.8 Å². The third kappa shape index (κ3) is 4.38. The van der Waals surface area contributed by atoms with Gasteiger partial charge in [0, 0.05) is 31.4 Å². The SMILES string of the molecule is NC(=O)C1(n2c(Nc3c(F)cc(F)cc3F)nc3cnc(NC4CCOCC4)nc32)CCCCC1. The maximum atomic E-state index is 14.5. The lowest BCUT2D eigenvalue weighted by atomic mass is 9.80. The Balaban J connectivity index is 1.64. The number of anilines is 3. The Morgan fingerprint density at radius 3 is 2.43 bits per heavy atom. The van der Waals surface area contributed by atoms with Gasteiger partial charge in [0.1, 0.15) is 22.6 Å². The van der Waals surface area contributed by atoms with Crippen molar-refractivity contribution < 1.29 is 22.7 Å². The van der Waals surface area contributed by atoms with Crippen LogP contribution in [0.2, 0.25) is 0 Å². The van der Waals surface area contributed by atoms with E-state index in [-0.39, 0.29) is 12.0 Å². The Bertz CT molecular complexity index is 1230. The number of carbonyl (C=O) groups is 1. The first-order valence-electron chi connectivity index (χ1n) is 11.7. The molecule has 186 valence electrons. The van der Waals surface area contributed by atoms with Crippen LogP contribution >= 0.6 is 0 Å². The van der Waals surface area contributed by atoms with E-state index in [0.717, 1.165) is 32.1 Å². The molecule has 0 radical (unpaired) electrons. The fraction of sp³-hybridized carbons (Fsp3) is 0.478. The van der Waals surface area contributed by atoms with Crippen molar-refractivity contribution in [3.05, 3.63) is 35.8 Å². The van der Waals surface area contributed by atoms with Crippen LogP contribution in [0, 0.1) is 17.5 Å². The molecule has 0 unspecified atom stereocenters. The summed E-state index contributed by atoms with van der Waals surface area (Å²) in [6.07, 6.45) is 6.31. The number of halogens is 3. The number of rotatable bonds is 6. The lowest BCUT2D eigenvalue weighted by Gasteiger charge is -2.36. The summed E-state index contributed by atoms with van der Waals surface area (Å²) < 4.78 is 49.4. The molecule has 1 saturated carbocycles. The Hall–Kier alpha value is -3.41. The number of carbonyl (C=O) groups excluding carboxylic acids is 1. The quantitative estimate of drug-likeness (QED) is 0.483. The number of primary amides is 1. The van der Waals surface area contributed by atoms with Gasteiger partial charge in [-0.25, -0.2) is 23.1 Å². The number of fused-ring (bicyclic) bond motifs is 1. The largest absolute Gasteiger partial charge is 0.381 e. The summed E-state index contributed by atoms with van der Waals surface area (Å²) in [6.45, 7) is 1.26. The molecule has 35 heavy (non-hydrogen) atoms. The van der Waals surface area contributed by atoms with Crippen LogP contribution in [-0.2, 0) is 15.1 Å². The molecule has 5 rings (SSSR count). The number of amides is 1. The lowest BCUT2D eigenvalue weighted by molar-refractivity contribution is -0.128. The Kier molecular flexibility index (Phi) is 6.22. The zero-order valence-corrected chi connectivity index (χ0v) is 19.0. The summed E-state index contributed by atoms with van der Waals surface area (Å²) in [5, 5.41) is 5.91. The molecule has 1 aliphatic carbocycles. The highest BCUT2D eigenvalue weighted by Crippen LogP contribution is 2.40. The average Bonchev–Trinajstić information content (AvgIpc) is 3.20. The van der Waals surface area contributed by atoms with Crippen molar-refractivity contribution in [2.75, 3.05) is 23.8 Å². The summed E-state index contributed by atoms with van der Waals surface area (Å²) >= 11 is 0. The van der Waals surface area contributed by atoms with Gasteiger partial charge in [-0.15, -0.1) is 0 Å². The van der Waals surface area contributed by atoms with Gasteiger partial charge in [-0.2, -0.15) is 4.98 Å². The normalized spacial score (nSPS) is 18.5. The van der Waals surface area contributed by atoms with Crippen LogP contribution < -0.4 is 16.4 Å². The van der Waals surface area contributed by atoms with Crippen molar-refractivity contribution in [3.8, 4) is 0 Å². The number of nitrogens with zero attached hydrogens (tertiary/aromatic N) is 4. The minimum absolute atomic E-state index is 0.0253. The molecule has 1 amide bonds. The highest BCUT2D eigenvalue weighted by molar-refractivity contribution is 5.87. The van der Waals surface area contributed by atoms with E-state index in [1.54, 1.807) is 0 Å². The molecular weight excluding hydrogens is 463 g/mol. The van der Waals surface area contributed by atoms with Gasteiger partial charge < -0.3 is 21.1 Å². The van der Waals surface area contributed by atoms with Gasteiger partial charge in [-0.3, -0.25) is 9.36 Å². The molecule has 2 fully saturated rings. The number of aromatic nitrogens is 4. The minimum Gasteiger partial charge on any atom is -0.381 e. The Morgan fingerprint density at radius 2 is 1.77 bits per heavy atom. The van der Waals surface area contributed by atoms with E-state index in [0.29, 0.717) is 55.3 Å². The van der Waals surface area contributed by atoms with Crippen LogP contribution in [0.5, 0.6) is 0 Å². The topological polar surface area (TPSA) is 120 Å². The lowest BCUT2D eigenvalue weighted by Crippen LogP contribution is -2.48. The van der Waals surface area contributed by atoms with Crippen molar-refractivity contribution in [1.82, 2.24) is 19.5 Å². The van der Waals surface area contributed by atoms with Gasteiger partial charge >= 0.3 is 0 Å². The summed E-state index contributed by atoms with van der Waals surface area (Å²) in [4.78, 5) is 26.3. The third-order valence-electron chi connectivity index (χ3n) is 6.77. The molecule has 2 aliphatic rings.